The summed E-state index contributed by atoms with van der Waals surface area (Å²) in [4.78, 5) is 29.9. The summed E-state index contributed by atoms with van der Waals surface area (Å²) >= 11 is 0. The Labute approximate surface area is 215 Å². The van der Waals surface area contributed by atoms with Crippen molar-refractivity contribution in [2.24, 2.45) is 10.8 Å². The highest BCUT2D eigenvalue weighted by Gasteiger charge is 2.39. The van der Waals surface area contributed by atoms with E-state index in [0.29, 0.717) is 34.6 Å². The lowest BCUT2D eigenvalue weighted by atomic mass is 10.0. The summed E-state index contributed by atoms with van der Waals surface area (Å²) in [5.41, 5.74) is 7.86. The average Bonchev–Trinajstić information content (AvgIpc) is 3.41. The van der Waals surface area contributed by atoms with Crippen molar-refractivity contribution in [2.75, 3.05) is 13.1 Å². The van der Waals surface area contributed by atoms with E-state index in [1.807, 2.05) is 0 Å². The summed E-state index contributed by atoms with van der Waals surface area (Å²) in [6, 6.07) is 3.49. The van der Waals surface area contributed by atoms with E-state index in [1.54, 1.807) is 13.8 Å². The number of hydrogen-bond acceptors (Lipinski definition) is 6. The molecule has 1 saturated heterocycles. The molecule has 1 fully saturated rings. The molecule has 0 spiro atoms. The van der Waals surface area contributed by atoms with E-state index in [9.17, 15) is 22.8 Å². The van der Waals surface area contributed by atoms with E-state index in [4.69, 9.17) is 10.5 Å². The third-order valence-electron chi connectivity index (χ3n) is 6.47. The largest absolute Gasteiger partial charge is 0.483 e. The Balaban J connectivity index is 1.26. The molecule has 3 amide bonds. The van der Waals surface area contributed by atoms with Crippen LogP contribution in [0.3, 0.4) is 0 Å². The number of carbonyl (C=O) groups excluding carboxylic acids is 2. The minimum Gasteiger partial charge on any atom is -0.483 e. The van der Waals surface area contributed by atoms with Crippen molar-refractivity contribution >= 4 is 18.2 Å². The first-order valence-corrected chi connectivity index (χ1v) is 11.8. The first kappa shape index (κ1) is 25.2. The number of hydrogen-bond donors (Lipinski definition) is 1. The molecule has 13 heteroatoms. The SMILES string of the molecule is Cc1nn(CC(N)=O)c(C)c1-c1cc(OC2CN(C(=O)N3N=CCC3c3cc(F)cc(F)c3)C2)c(F)cn1. The molecule has 38 heavy (non-hydrogen) atoms. The monoisotopic (exact) mass is 527 g/mol. The number of carbonyl (C=O) groups is 2. The van der Waals surface area contributed by atoms with Crippen molar-refractivity contribution in [3.63, 3.8) is 0 Å². The van der Waals surface area contributed by atoms with Crippen LogP contribution in [0.2, 0.25) is 0 Å². The predicted molar refractivity (Wildman–Crippen MR) is 130 cm³/mol. The van der Waals surface area contributed by atoms with Gasteiger partial charge in [0.2, 0.25) is 5.91 Å². The first-order valence-electron chi connectivity index (χ1n) is 11.8. The lowest BCUT2D eigenvalue weighted by molar-refractivity contribution is -0.118. The quantitative estimate of drug-likeness (QED) is 0.529. The summed E-state index contributed by atoms with van der Waals surface area (Å²) in [7, 11) is 0. The van der Waals surface area contributed by atoms with E-state index >= 15 is 0 Å². The lowest BCUT2D eigenvalue weighted by Gasteiger charge is -2.41. The van der Waals surface area contributed by atoms with Gasteiger partial charge in [0.05, 0.1) is 36.7 Å². The molecule has 0 aliphatic carbocycles. The number of pyridine rings is 1. The number of hydrazone groups is 1. The molecule has 1 unspecified atom stereocenters. The van der Waals surface area contributed by atoms with E-state index in [0.717, 1.165) is 12.3 Å². The lowest BCUT2D eigenvalue weighted by Crippen LogP contribution is -2.58. The summed E-state index contributed by atoms with van der Waals surface area (Å²) in [6.45, 7) is 3.74. The van der Waals surface area contributed by atoms with Gasteiger partial charge in [-0.25, -0.2) is 23.0 Å². The highest BCUT2D eigenvalue weighted by atomic mass is 19.1. The van der Waals surface area contributed by atoms with Crippen LogP contribution in [-0.2, 0) is 11.3 Å². The number of urea groups is 1. The molecule has 0 radical (unpaired) electrons. The molecule has 0 saturated carbocycles. The standard InChI is InChI=1S/C25H24F3N7O3/c1-13-24(14(2)34(32-13)12-23(29)36)20-8-22(19(28)9-30-20)38-18-10-33(11-18)25(37)35-21(3-4-31-35)15-5-16(26)7-17(27)6-15/h4-9,18,21H,3,10-12H2,1-2H3,(H2,29,36). The van der Waals surface area contributed by atoms with Gasteiger partial charge < -0.3 is 15.4 Å². The number of benzene rings is 1. The summed E-state index contributed by atoms with van der Waals surface area (Å²) in [5, 5.41) is 9.58. The zero-order valence-electron chi connectivity index (χ0n) is 20.6. The fourth-order valence-electron chi connectivity index (χ4n) is 4.65. The summed E-state index contributed by atoms with van der Waals surface area (Å²) in [5.74, 6) is -2.73. The molecular formula is C25H24F3N7O3. The molecule has 2 aromatic heterocycles. The number of likely N-dealkylation sites (tertiary alicyclic amines) is 1. The number of aromatic nitrogens is 3. The molecule has 10 nitrogen and oxygen atoms in total. The fraction of sp³-hybridized carbons (Fsp3) is 0.320. The second kappa shape index (κ2) is 9.80. The van der Waals surface area contributed by atoms with Gasteiger partial charge in [-0.3, -0.25) is 14.5 Å². The fourth-order valence-corrected chi connectivity index (χ4v) is 4.65. The minimum absolute atomic E-state index is 0.0409. The maximum Gasteiger partial charge on any atom is 0.341 e. The smallest absolute Gasteiger partial charge is 0.341 e. The molecule has 4 heterocycles. The maximum atomic E-state index is 14.6. The number of halogens is 3. The zero-order valence-corrected chi connectivity index (χ0v) is 20.6. The van der Waals surface area contributed by atoms with Crippen LogP contribution in [0.1, 0.15) is 29.4 Å². The van der Waals surface area contributed by atoms with Gasteiger partial charge in [0.25, 0.3) is 0 Å². The second-order valence-corrected chi connectivity index (χ2v) is 9.19. The van der Waals surface area contributed by atoms with Crippen molar-refractivity contribution in [1.82, 2.24) is 24.7 Å². The first-order chi connectivity index (χ1) is 18.1. The highest BCUT2D eigenvalue weighted by molar-refractivity contribution is 5.79. The molecule has 2 N–H and O–H groups in total. The number of primary amides is 1. The third-order valence-corrected chi connectivity index (χ3v) is 6.47. The molecule has 2 aliphatic heterocycles. The van der Waals surface area contributed by atoms with Crippen molar-refractivity contribution in [3.05, 3.63) is 64.9 Å². The van der Waals surface area contributed by atoms with Gasteiger partial charge in [-0.05, 0) is 31.5 Å². The Morgan fingerprint density at radius 2 is 1.82 bits per heavy atom. The average molecular weight is 528 g/mol. The second-order valence-electron chi connectivity index (χ2n) is 9.19. The molecule has 3 aromatic rings. The summed E-state index contributed by atoms with van der Waals surface area (Å²) in [6.07, 6.45) is 2.39. The molecule has 5 rings (SSSR count). The molecular weight excluding hydrogens is 503 g/mol. The van der Waals surface area contributed by atoms with Crippen LogP contribution in [0.25, 0.3) is 11.3 Å². The zero-order chi connectivity index (χ0) is 27.1. The number of nitrogens with two attached hydrogens (primary N) is 1. The van der Waals surface area contributed by atoms with Crippen LogP contribution in [0.4, 0.5) is 18.0 Å². The van der Waals surface area contributed by atoms with E-state index in [1.165, 1.54) is 39.0 Å². The van der Waals surface area contributed by atoms with Crippen molar-refractivity contribution < 1.29 is 27.5 Å². The maximum absolute atomic E-state index is 14.6. The molecule has 0 bridgehead atoms. The van der Waals surface area contributed by atoms with Crippen LogP contribution < -0.4 is 10.5 Å². The van der Waals surface area contributed by atoms with Crippen LogP contribution >= 0.6 is 0 Å². The molecule has 198 valence electrons. The molecule has 2 aliphatic rings. The van der Waals surface area contributed by atoms with E-state index in [2.05, 4.69) is 15.2 Å². The van der Waals surface area contributed by atoms with Crippen molar-refractivity contribution in [2.45, 2.75) is 39.0 Å². The van der Waals surface area contributed by atoms with Crippen LogP contribution in [0.15, 0.2) is 35.6 Å². The highest BCUT2D eigenvalue weighted by Crippen LogP contribution is 2.33. The van der Waals surface area contributed by atoms with Gasteiger partial charge in [-0.15, -0.1) is 0 Å². The predicted octanol–water partition coefficient (Wildman–Crippen LogP) is 3.08. The Bertz CT molecular complexity index is 1430. The van der Waals surface area contributed by atoms with Crippen LogP contribution in [0.5, 0.6) is 5.75 Å². The molecule has 1 atom stereocenters. The van der Waals surface area contributed by atoms with Gasteiger partial charge in [-0.1, -0.05) is 0 Å². The van der Waals surface area contributed by atoms with Gasteiger partial charge in [0.1, 0.15) is 24.3 Å². The minimum atomic E-state index is -0.735. The molecule has 1 aromatic carbocycles. The Kier molecular flexibility index (Phi) is 6.51. The van der Waals surface area contributed by atoms with Crippen molar-refractivity contribution in [1.29, 1.82) is 0 Å². The Hall–Kier alpha value is -4.42. The third kappa shape index (κ3) is 4.78. The van der Waals surface area contributed by atoms with Crippen molar-refractivity contribution in [3.8, 4) is 17.0 Å². The van der Waals surface area contributed by atoms with E-state index < -0.39 is 41.5 Å². The Morgan fingerprint density at radius 1 is 1.11 bits per heavy atom. The van der Waals surface area contributed by atoms with Crippen LogP contribution in [-0.4, -0.2) is 62.0 Å². The van der Waals surface area contributed by atoms with Gasteiger partial charge in [0.15, 0.2) is 11.6 Å². The number of rotatable bonds is 6. The van der Waals surface area contributed by atoms with Crippen LogP contribution in [0, 0.1) is 31.3 Å². The van der Waals surface area contributed by atoms with Gasteiger partial charge in [-0.2, -0.15) is 10.2 Å². The number of nitrogens with zero attached hydrogens (tertiary/aromatic N) is 6. The van der Waals surface area contributed by atoms with Gasteiger partial charge in [0, 0.05) is 36.0 Å². The summed E-state index contributed by atoms with van der Waals surface area (Å²) < 4.78 is 49.2. The van der Waals surface area contributed by atoms with E-state index in [-0.39, 0.29) is 25.4 Å². The Morgan fingerprint density at radius 3 is 2.50 bits per heavy atom. The number of aryl methyl sites for hydroxylation is 1. The normalized spacial score (nSPS) is 17.1. The topological polar surface area (TPSA) is 119 Å². The number of ether oxygens (including phenoxy) is 1. The number of amides is 3. The van der Waals surface area contributed by atoms with Gasteiger partial charge >= 0.3 is 6.03 Å².